The lowest BCUT2D eigenvalue weighted by Crippen LogP contribution is -2.20. The van der Waals surface area contributed by atoms with Crippen LogP contribution in [0.5, 0.6) is 0 Å². The number of hydrogen-bond acceptors (Lipinski definition) is 8. The van der Waals surface area contributed by atoms with Crippen molar-refractivity contribution in [3.63, 3.8) is 0 Å². The van der Waals surface area contributed by atoms with E-state index < -0.39 is 43.4 Å². The van der Waals surface area contributed by atoms with Crippen molar-refractivity contribution in [1.29, 1.82) is 0 Å². The van der Waals surface area contributed by atoms with Gasteiger partial charge in [-0.25, -0.2) is 0 Å². The van der Waals surface area contributed by atoms with Crippen molar-refractivity contribution >= 4 is 86.2 Å². The molecule has 0 bridgehead atoms. The molecule has 13 aromatic carbocycles. The predicted octanol–water partition coefficient (Wildman–Crippen LogP) is 10.2. The van der Waals surface area contributed by atoms with E-state index in [0.717, 1.165) is 0 Å². The van der Waals surface area contributed by atoms with Crippen LogP contribution in [0, 0.1) is 0 Å². The van der Waals surface area contributed by atoms with E-state index in [1.54, 1.807) is 0 Å². The van der Waals surface area contributed by atoms with E-state index in [1.165, 1.54) is 36.4 Å². The molecule has 13 aromatic rings. The molecule has 0 N–H and O–H groups in total. The molecule has 8 nitrogen and oxygen atoms in total. The Bertz CT molecular complexity index is 4330. The molecular weight excluding hydrogens is 873 g/mol. The van der Waals surface area contributed by atoms with Crippen LogP contribution in [0.4, 0.5) is 0 Å². The normalized spacial score (nSPS) is 11.9. The van der Waals surface area contributed by atoms with Crippen molar-refractivity contribution in [2.24, 2.45) is 0 Å². The molecule has 0 saturated carbocycles. The Morgan fingerprint density at radius 2 is 0.329 bits per heavy atom. The molecule has 0 aromatic heterocycles. The zero-order valence-corrected chi connectivity index (χ0v) is 36.6. The fourth-order valence-electron chi connectivity index (χ4n) is 10.8. The Balaban J connectivity index is 1.10. The zero-order valence-electron chi connectivity index (χ0n) is 36.6. The van der Waals surface area contributed by atoms with Gasteiger partial charge in [-0.3, -0.25) is 38.4 Å². The van der Waals surface area contributed by atoms with Gasteiger partial charge in [0.2, 0.25) is 0 Å². The van der Waals surface area contributed by atoms with Gasteiger partial charge in [-0.15, -0.1) is 0 Å². The minimum Gasteiger partial charge on any atom is -0.289 e. The van der Waals surface area contributed by atoms with Gasteiger partial charge < -0.3 is 0 Å². The van der Waals surface area contributed by atoms with E-state index >= 15 is 0 Å². The molecular formula is C62H30O8. The largest absolute Gasteiger partial charge is 0.289 e. The van der Waals surface area contributed by atoms with Gasteiger partial charge in [-0.2, -0.15) is 0 Å². The maximum absolute atomic E-state index is 14.8. The molecule has 326 valence electrons. The second kappa shape index (κ2) is 14.9. The highest BCUT2D eigenvalue weighted by Gasteiger charge is 2.25. The molecule has 0 fully saturated rings. The summed E-state index contributed by atoms with van der Waals surface area (Å²) in [6.45, 7) is 0. The lowest BCUT2D eigenvalue weighted by atomic mass is 9.88. The lowest BCUT2D eigenvalue weighted by Gasteiger charge is -2.13. The second-order valence-corrected chi connectivity index (χ2v) is 17.7. The average molecular weight is 903 g/mol. The van der Waals surface area contributed by atoms with Crippen molar-refractivity contribution in [1.82, 2.24) is 0 Å². The van der Waals surface area contributed by atoms with Gasteiger partial charge in [-0.1, -0.05) is 146 Å². The zero-order chi connectivity index (χ0) is 47.7. The highest BCUT2D eigenvalue weighted by molar-refractivity contribution is 6.17. The first-order chi connectivity index (χ1) is 34.1. The lowest BCUT2D eigenvalue weighted by molar-refractivity contribution is 1.60. The molecule has 0 heterocycles. The van der Waals surface area contributed by atoms with Gasteiger partial charge in [0.05, 0.1) is 0 Å². The van der Waals surface area contributed by atoms with Crippen molar-refractivity contribution in [2.45, 2.75) is 0 Å². The first kappa shape index (κ1) is 40.6. The Morgan fingerprint density at radius 1 is 0.171 bits per heavy atom. The number of fused-ring (bicyclic) bond motifs is 8. The van der Waals surface area contributed by atoms with E-state index in [4.69, 9.17) is 0 Å². The summed E-state index contributed by atoms with van der Waals surface area (Å²) in [5.74, 6) is 0. The highest BCUT2D eigenvalue weighted by Crippen LogP contribution is 2.36. The predicted molar refractivity (Wildman–Crippen MR) is 283 cm³/mol. The third-order valence-corrected chi connectivity index (χ3v) is 14.1. The second-order valence-electron chi connectivity index (χ2n) is 17.7. The fourth-order valence-corrected chi connectivity index (χ4v) is 10.8. The van der Waals surface area contributed by atoms with Crippen molar-refractivity contribution in [3.8, 4) is 44.5 Å². The summed E-state index contributed by atoms with van der Waals surface area (Å²) in [6.07, 6.45) is 0. The first-order valence-corrected chi connectivity index (χ1v) is 22.6. The summed E-state index contributed by atoms with van der Waals surface area (Å²) in [5.41, 5.74) is 0.260. The van der Waals surface area contributed by atoms with Crippen LogP contribution in [0.15, 0.2) is 220 Å². The van der Waals surface area contributed by atoms with Crippen LogP contribution in [-0.2, 0) is 0 Å². The van der Waals surface area contributed by atoms with E-state index in [0.29, 0.717) is 44.5 Å². The number of benzene rings is 13. The molecule has 70 heavy (non-hydrogen) atoms. The van der Waals surface area contributed by atoms with Crippen LogP contribution < -0.4 is 43.4 Å². The molecule has 0 spiro atoms. The van der Waals surface area contributed by atoms with Gasteiger partial charge in [-0.05, 0) is 80.9 Å². The number of rotatable bonds is 4. The molecule has 0 saturated heterocycles. The van der Waals surface area contributed by atoms with Gasteiger partial charge in [0, 0.05) is 86.2 Å². The van der Waals surface area contributed by atoms with E-state index in [9.17, 15) is 38.4 Å². The van der Waals surface area contributed by atoms with Crippen LogP contribution in [-0.4, -0.2) is 0 Å². The van der Waals surface area contributed by atoms with Crippen molar-refractivity contribution in [2.75, 3.05) is 0 Å². The fraction of sp³-hybridized carbons (Fsp3) is 0. The summed E-state index contributed by atoms with van der Waals surface area (Å²) in [7, 11) is 0. The smallest absolute Gasteiger partial charge is 0.195 e. The standard InChI is InChI=1S/C62H30O8/c63-55-39-25-41-42(58(66)46-30-50-49(29-45(46)57(41)65)61(69)53-37(33-17-9-3-10-18-33)23-24-38(54(53)62(50)70)34-19-11-4-12-20-34)26-40(39)56(64)44-28-48-47(27-43(44)55)59(67)51-35(31-13-5-1-6-14-31)21-22-36(52(51)60(48)68)32-15-7-2-8-16-32/h1-30H. The van der Waals surface area contributed by atoms with Gasteiger partial charge >= 0.3 is 0 Å². The quantitative estimate of drug-likeness (QED) is 0.159. The summed E-state index contributed by atoms with van der Waals surface area (Å²) in [5, 5.41) is -0.621. The third-order valence-electron chi connectivity index (χ3n) is 14.1. The van der Waals surface area contributed by atoms with Crippen molar-refractivity contribution in [3.05, 3.63) is 264 Å². The van der Waals surface area contributed by atoms with Crippen LogP contribution in [0.25, 0.3) is 131 Å². The molecule has 0 atom stereocenters. The van der Waals surface area contributed by atoms with Gasteiger partial charge in [0.1, 0.15) is 0 Å². The third kappa shape index (κ3) is 5.64. The van der Waals surface area contributed by atoms with Gasteiger partial charge in [0.15, 0.2) is 43.4 Å². The molecule has 0 aliphatic rings. The maximum atomic E-state index is 14.8. The Kier molecular flexibility index (Phi) is 8.66. The Hall–Kier alpha value is -9.66. The van der Waals surface area contributed by atoms with E-state index in [1.807, 2.05) is 146 Å². The molecule has 13 rings (SSSR count). The van der Waals surface area contributed by atoms with Crippen LogP contribution >= 0.6 is 0 Å². The van der Waals surface area contributed by atoms with Crippen LogP contribution in [0.3, 0.4) is 0 Å². The minimum absolute atomic E-state index is 0.0433. The molecule has 0 amide bonds. The number of hydrogen-bond donors (Lipinski definition) is 0. The molecule has 0 aliphatic heterocycles. The average Bonchev–Trinajstić information content (AvgIpc) is 3.41. The van der Waals surface area contributed by atoms with Gasteiger partial charge in [0.25, 0.3) is 0 Å². The highest BCUT2D eigenvalue weighted by atomic mass is 16.1. The molecule has 0 unspecified atom stereocenters. The summed E-state index contributed by atoms with van der Waals surface area (Å²) >= 11 is 0. The van der Waals surface area contributed by atoms with E-state index in [2.05, 4.69) is 0 Å². The summed E-state index contributed by atoms with van der Waals surface area (Å²) in [4.78, 5) is 118. The Labute approximate surface area is 392 Å². The molecule has 0 radical (unpaired) electrons. The monoisotopic (exact) mass is 902 g/mol. The maximum Gasteiger partial charge on any atom is 0.195 e. The SMILES string of the molecule is O=c1c2cc3c(=O)c4cc5c(=O)c6c(-c7ccccc7)ccc(-c7ccccc7)c6c(=O)c5cc4c(=O)c3cc2c(=O)c2cc3c(=O)c4c(-c5ccccc5)ccc(-c5ccccc5)c4c(=O)c3cc12. The van der Waals surface area contributed by atoms with Crippen LogP contribution in [0.1, 0.15) is 0 Å². The minimum atomic E-state index is -0.681. The van der Waals surface area contributed by atoms with E-state index in [-0.39, 0.29) is 86.2 Å². The van der Waals surface area contributed by atoms with Crippen molar-refractivity contribution < 1.29 is 0 Å². The first-order valence-electron chi connectivity index (χ1n) is 22.6. The molecule has 8 heteroatoms. The topological polar surface area (TPSA) is 137 Å². The summed E-state index contributed by atoms with van der Waals surface area (Å²) < 4.78 is 0. The Morgan fingerprint density at radius 3 is 0.500 bits per heavy atom. The summed E-state index contributed by atoms with van der Waals surface area (Å²) in [6, 6.07) is 51.7. The molecule has 0 aliphatic carbocycles. The van der Waals surface area contributed by atoms with Crippen LogP contribution in [0.2, 0.25) is 0 Å².